The van der Waals surface area contributed by atoms with E-state index in [1.807, 2.05) is 42.5 Å². The Balaban J connectivity index is 1.84. The molecule has 3 aromatic carbocycles. The van der Waals surface area contributed by atoms with E-state index in [1.165, 1.54) is 7.11 Å². The van der Waals surface area contributed by atoms with Gasteiger partial charge in [0, 0.05) is 16.1 Å². The largest absolute Gasteiger partial charge is 0.467 e. The zero-order chi connectivity index (χ0) is 23.5. The van der Waals surface area contributed by atoms with Crippen LogP contribution in [0.4, 0.5) is 0 Å². The number of nitrogens with zero attached hydrogens (tertiary/aromatic N) is 1. The van der Waals surface area contributed by atoms with Crippen molar-refractivity contribution in [1.82, 2.24) is 4.90 Å². The molecule has 1 fully saturated rings. The van der Waals surface area contributed by atoms with Gasteiger partial charge in [-0.05, 0) is 41.7 Å². The van der Waals surface area contributed by atoms with Gasteiger partial charge in [-0.25, -0.2) is 4.79 Å². The first-order chi connectivity index (χ1) is 15.9. The molecule has 6 nitrogen and oxygen atoms in total. The van der Waals surface area contributed by atoms with Crippen molar-refractivity contribution in [1.29, 1.82) is 5.41 Å². The molecule has 0 radical (unpaired) electrons. The summed E-state index contributed by atoms with van der Waals surface area (Å²) in [6.07, 6.45) is 1.06. The Morgan fingerprint density at radius 1 is 0.939 bits per heavy atom. The van der Waals surface area contributed by atoms with Gasteiger partial charge in [0.2, 0.25) is 0 Å². The molecule has 33 heavy (non-hydrogen) atoms. The van der Waals surface area contributed by atoms with Crippen LogP contribution in [0.5, 0.6) is 0 Å². The molecule has 3 N–H and O–H groups in total. The van der Waals surface area contributed by atoms with Crippen LogP contribution in [0.3, 0.4) is 0 Å². The maximum absolute atomic E-state index is 14.0. The van der Waals surface area contributed by atoms with Crippen LogP contribution in [0.1, 0.15) is 40.4 Å². The monoisotopic (exact) mass is 461 g/mol. The van der Waals surface area contributed by atoms with Gasteiger partial charge in [-0.3, -0.25) is 10.2 Å². The van der Waals surface area contributed by atoms with E-state index in [-0.39, 0.29) is 17.8 Å². The van der Waals surface area contributed by atoms with Crippen LogP contribution >= 0.6 is 11.6 Å². The minimum atomic E-state index is -0.722. The van der Waals surface area contributed by atoms with Crippen molar-refractivity contribution in [3.8, 4) is 11.1 Å². The minimum absolute atomic E-state index is 0.0876. The fraction of sp³-hybridized carbons (Fsp3) is 0.192. The minimum Gasteiger partial charge on any atom is -0.467 e. The van der Waals surface area contributed by atoms with Crippen molar-refractivity contribution in [3.05, 3.63) is 94.5 Å². The van der Waals surface area contributed by atoms with E-state index in [2.05, 4.69) is 0 Å². The molecule has 1 amide bonds. The van der Waals surface area contributed by atoms with Crippen molar-refractivity contribution in [2.45, 2.75) is 24.9 Å². The molecule has 2 atom stereocenters. The molecule has 7 heteroatoms. The van der Waals surface area contributed by atoms with E-state index in [9.17, 15) is 9.59 Å². The number of hydrogen-bond acceptors (Lipinski definition) is 4. The van der Waals surface area contributed by atoms with E-state index in [1.54, 1.807) is 35.2 Å². The van der Waals surface area contributed by atoms with Gasteiger partial charge in [-0.15, -0.1) is 0 Å². The molecule has 0 spiro atoms. The number of rotatable bonds is 5. The number of benzene rings is 3. The third kappa shape index (κ3) is 4.22. The van der Waals surface area contributed by atoms with Crippen molar-refractivity contribution in [2.24, 2.45) is 5.73 Å². The Labute approximate surface area is 197 Å². The quantitative estimate of drug-likeness (QED) is 0.323. The number of esters is 1. The predicted molar refractivity (Wildman–Crippen MR) is 128 cm³/mol. The summed E-state index contributed by atoms with van der Waals surface area (Å²) >= 11 is 6.47. The summed E-state index contributed by atoms with van der Waals surface area (Å²) < 4.78 is 5.02. The highest BCUT2D eigenvalue weighted by atomic mass is 35.5. The van der Waals surface area contributed by atoms with Crippen LogP contribution in [-0.2, 0) is 9.53 Å². The highest BCUT2D eigenvalue weighted by Gasteiger charge is 2.43. The molecule has 0 unspecified atom stereocenters. The standard InChI is InChI=1S/C26H24ClN3O3/c1-33-26(32)23-15-14-22(20-12-6-7-13-21(20)27)30(23)25(31)19-11-5-3-9-17(19)16-8-2-4-10-18(16)24(28)29/h2-13,22-23H,14-15H2,1H3,(H3,28,29)/t22-,23+/m1/s1. The predicted octanol–water partition coefficient (Wildman–Crippen LogP) is 4.81. The molecule has 4 rings (SSSR count). The van der Waals surface area contributed by atoms with Gasteiger partial charge in [0.1, 0.15) is 11.9 Å². The highest BCUT2D eigenvalue weighted by Crippen LogP contribution is 2.41. The lowest BCUT2D eigenvalue weighted by molar-refractivity contribution is -0.145. The second kappa shape index (κ2) is 9.46. The normalized spacial score (nSPS) is 17.6. The average Bonchev–Trinajstić information content (AvgIpc) is 3.28. The molecule has 1 saturated heterocycles. The smallest absolute Gasteiger partial charge is 0.328 e. The molecule has 1 aliphatic heterocycles. The Bertz CT molecular complexity index is 1230. The number of nitrogen functional groups attached to an aromatic ring is 1. The lowest BCUT2D eigenvalue weighted by Gasteiger charge is -2.30. The number of amides is 1. The summed E-state index contributed by atoms with van der Waals surface area (Å²) in [6.45, 7) is 0. The maximum Gasteiger partial charge on any atom is 0.328 e. The lowest BCUT2D eigenvalue weighted by atomic mass is 9.93. The summed E-state index contributed by atoms with van der Waals surface area (Å²) in [5, 5.41) is 8.50. The maximum atomic E-state index is 14.0. The van der Waals surface area contributed by atoms with Crippen LogP contribution < -0.4 is 5.73 Å². The van der Waals surface area contributed by atoms with E-state index < -0.39 is 12.0 Å². The SMILES string of the molecule is COC(=O)[C@@H]1CC[C@H](c2ccccc2Cl)N1C(=O)c1ccccc1-c1ccccc1C(=N)N. The number of carbonyl (C=O) groups excluding carboxylic acids is 2. The van der Waals surface area contributed by atoms with Gasteiger partial charge in [0.05, 0.1) is 13.2 Å². The fourth-order valence-electron chi connectivity index (χ4n) is 4.51. The molecule has 3 aromatic rings. The first-order valence-electron chi connectivity index (χ1n) is 10.6. The fourth-order valence-corrected chi connectivity index (χ4v) is 4.77. The van der Waals surface area contributed by atoms with E-state index >= 15 is 0 Å². The van der Waals surface area contributed by atoms with Gasteiger partial charge >= 0.3 is 5.97 Å². The Morgan fingerprint density at radius 3 is 2.15 bits per heavy atom. The van der Waals surface area contributed by atoms with Crippen LogP contribution in [0.2, 0.25) is 5.02 Å². The van der Waals surface area contributed by atoms with Crippen molar-refractivity contribution in [2.75, 3.05) is 7.11 Å². The lowest BCUT2D eigenvalue weighted by Crippen LogP contribution is -2.42. The first-order valence-corrected chi connectivity index (χ1v) is 11.0. The number of ether oxygens (including phenoxy) is 1. The van der Waals surface area contributed by atoms with E-state index in [4.69, 9.17) is 27.5 Å². The topological polar surface area (TPSA) is 96.5 Å². The Morgan fingerprint density at radius 2 is 1.52 bits per heavy atom. The van der Waals surface area contributed by atoms with E-state index in [0.717, 1.165) is 5.56 Å². The van der Waals surface area contributed by atoms with Crippen molar-refractivity contribution in [3.63, 3.8) is 0 Å². The summed E-state index contributed by atoms with van der Waals surface area (Å²) in [5.74, 6) is -0.850. The second-order valence-corrected chi connectivity index (χ2v) is 8.28. The van der Waals surface area contributed by atoms with Gasteiger partial charge in [0.15, 0.2) is 0 Å². The number of amidine groups is 1. The molecule has 0 bridgehead atoms. The van der Waals surface area contributed by atoms with Gasteiger partial charge in [0.25, 0.3) is 5.91 Å². The number of nitrogens with one attached hydrogen (secondary N) is 1. The van der Waals surface area contributed by atoms with Crippen LogP contribution in [0, 0.1) is 5.41 Å². The Hall–Kier alpha value is -3.64. The highest BCUT2D eigenvalue weighted by molar-refractivity contribution is 6.31. The van der Waals surface area contributed by atoms with Crippen molar-refractivity contribution >= 4 is 29.3 Å². The number of methoxy groups -OCH3 is 1. The van der Waals surface area contributed by atoms with Crippen LogP contribution in [0.25, 0.3) is 11.1 Å². The van der Waals surface area contributed by atoms with Crippen molar-refractivity contribution < 1.29 is 14.3 Å². The van der Waals surface area contributed by atoms with E-state index in [0.29, 0.717) is 40.1 Å². The number of hydrogen-bond donors (Lipinski definition) is 2. The number of nitrogens with two attached hydrogens (primary N) is 1. The molecule has 1 heterocycles. The summed E-state index contributed by atoms with van der Waals surface area (Å²) in [6, 6.07) is 20.6. The number of carbonyl (C=O) groups is 2. The van der Waals surface area contributed by atoms with Gasteiger partial charge < -0.3 is 15.4 Å². The zero-order valence-corrected chi connectivity index (χ0v) is 18.9. The number of likely N-dealkylation sites (tertiary alicyclic amines) is 1. The number of halogens is 1. The average molecular weight is 462 g/mol. The third-order valence-corrected chi connectivity index (χ3v) is 6.37. The van der Waals surface area contributed by atoms with Crippen LogP contribution in [-0.4, -0.2) is 35.8 Å². The molecular weight excluding hydrogens is 438 g/mol. The molecule has 0 aromatic heterocycles. The van der Waals surface area contributed by atoms with Gasteiger partial charge in [-0.2, -0.15) is 0 Å². The third-order valence-electron chi connectivity index (χ3n) is 6.02. The summed E-state index contributed by atoms with van der Waals surface area (Å²) in [4.78, 5) is 28.3. The first kappa shape index (κ1) is 22.6. The molecule has 0 aliphatic carbocycles. The molecule has 0 saturated carbocycles. The van der Waals surface area contributed by atoms with Gasteiger partial charge in [-0.1, -0.05) is 72.3 Å². The van der Waals surface area contributed by atoms with Crippen LogP contribution in [0.15, 0.2) is 72.8 Å². The summed E-state index contributed by atoms with van der Waals surface area (Å²) in [5.41, 5.74) is 8.87. The molecule has 1 aliphatic rings. The molecule has 168 valence electrons. The summed E-state index contributed by atoms with van der Waals surface area (Å²) in [7, 11) is 1.32. The molecular formula is C26H24ClN3O3. The Kier molecular flexibility index (Phi) is 6.47. The zero-order valence-electron chi connectivity index (χ0n) is 18.1. The second-order valence-electron chi connectivity index (χ2n) is 7.87.